The SMILES string of the molecule is CCN(CC)C(=O)CN1CCCC(c2nnc(-c3ccc(C)s3)o2)C1. The molecule has 0 bridgehead atoms. The fourth-order valence-corrected chi connectivity index (χ4v) is 4.11. The summed E-state index contributed by atoms with van der Waals surface area (Å²) in [5, 5.41) is 8.49. The number of piperidine rings is 1. The fourth-order valence-electron chi connectivity index (χ4n) is 3.32. The van der Waals surface area contributed by atoms with E-state index in [1.54, 1.807) is 11.3 Å². The molecule has 6 nitrogen and oxygen atoms in total. The summed E-state index contributed by atoms with van der Waals surface area (Å²) in [7, 11) is 0. The number of likely N-dealkylation sites (tertiary alicyclic amines) is 1. The molecule has 1 amide bonds. The van der Waals surface area contributed by atoms with E-state index in [-0.39, 0.29) is 11.8 Å². The van der Waals surface area contributed by atoms with Crippen LogP contribution in [0.25, 0.3) is 10.8 Å². The Bertz CT molecular complexity index is 708. The third kappa shape index (κ3) is 4.27. The van der Waals surface area contributed by atoms with Crippen molar-refractivity contribution in [2.45, 2.75) is 39.5 Å². The predicted molar refractivity (Wildman–Crippen MR) is 98.7 cm³/mol. The summed E-state index contributed by atoms with van der Waals surface area (Å²) in [6.07, 6.45) is 2.08. The minimum atomic E-state index is 0.200. The molecule has 136 valence electrons. The molecule has 0 spiro atoms. The largest absolute Gasteiger partial charge is 0.420 e. The van der Waals surface area contributed by atoms with E-state index in [0.29, 0.717) is 18.3 Å². The minimum Gasteiger partial charge on any atom is -0.420 e. The average Bonchev–Trinajstić information content (AvgIpc) is 3.25. The van der Waals surface area contributed by atoms with Gasteiger partial charge in [-0.15, -0.1) is 21.5 Å². The molecule has 1 aliphatic rings. The summed E-state index contributed by atoms with van der Waals surface area (Å²) in [6, 6.07) is 4.08. The molecule has 0 aromatic carbocycles. The highest BCUT2D eigenvalue weighted by molar-refractivity contribution is 7.15. The molecule has 0 N–H and O–H groups in total. The molecule has 2 aromatic rings. The number of carbonyl (C=O) groups is 1. The molecule has 1 fully saturated rings. The standard InChI is InChI=1S/C18H26N4O2S/c1-4-22(5-2)16(23)12-21-10-6-7-14(11-21)17-19-20-18(24-17)15-9-8-13(3)25-15/h8-9,14H,4-7,10-12H2,1-3H3. The minimum absolute atomic E-state index is 0.200. The van der Waals surface area contributed by atoms with Gasteiger partial charge in [0.1, 0.15) is 0 Å². The van der Waals surface area contributed by atoms with Gasteiger partial charge in [-0.2, -0.15) is 0 Å². The van der Waals surface area contributed by atoms with Crippen LogP contribution >= 0.6 is 11.3 Å². The van der Waals surface area contributed by atoms with Crippen LogP contribution in [0.3, 0.4) is 0 Å². The maximum atomic E-state index is 12.3. The zero-order chi connectivity index (χ0) is 17.8. The molecule has 7 heteroatoms. The molecule has 0 aliphatic carbocycles. The first-order chi connectivity index (χ1) is 12.1. The first kappa shape index (κ1) is 18.1. The number of aromatic nitrogens is 2. The number of aryl methyl sites for hydroxylation is 1. The lowest BCUT2D eigenvalue weighted by molar-refractivity contribution is -0.132. The summed E-state index contributed by atoms with van der Waals surface area (Å²) in [5.74, 6) is 1.71. The van der Waals surface area contributed by atoms with E-state index in [4.69, 9.17) is 4.42 Å². The maximum Gasteiger partial charge on any atom is 0.257 e. The van der Waals surface area contributed by atoms with E-state index in [2.05, 4.69) is 28.1 Å². The number of nitrogens with zero attached hydrogens (tertiary/aromatic N) is 4. The summed E-state index contributed by atoms with van der Waals surface area (Å²) in [4.78, 5) is 18.7. The lowest BCUT2D eigenvalue weighted by Gasteiger charge is -2.32. The van der Waals surface area contributed by atoms with E-state index in [9.17, 15) is 4.79 Å². The topological polar surface area (TPSA) is 62.5 Å². The summed E-state index contributed by atoms with van der Waals surface area (Å²) in [6.45, 7) is 9.87. The monoisotopic (exact) mass is 362 g/mol. The summed E-state index contributed by atoms with van der Waals surface area (Å²) >= 11 is 1.66. The molecule has 2 aromatic heterocycles. The normalized spacial score (nSPS) is 18.4. The van der Waals surface area contributed by atoms with Crippen LogP contribution in [0, 0.1) is 6.92 Å². The van der Waals surface area contributed by atoms with Gasteiger partial charge in [0.05, 0.1) is 17.3 Å². The van der Waals surface area contributed by atoms with Gasteiger partial charge in [-0.3, -0.25) is 9.69 Å². The zero-order valence-corrected chi connectivity index (χ0v) is 16.0. The molecule has 1 aliphatic heterocycles. The smallest absolute Gasteiger partial charge is 0.257 e. The van der Waals surface area contributed by atoms with Gasteiger partial charge in [0.25, 0.3) is 5.89 Å². The Hall–Kier alpha value is -1.73. The number of amides is 1. The van der Waals surface area contributed by atoms with Crippen LogP contribution in [0.1, 0.15) is 43.4 Å². The van der Waals surface area contributed by atoms with E-state index < -0.39 is 0 Å². The number of rotatable bonds is 6. The Labute approximate surface area is 152 Å². The first-order valence-electron chi connectivity index (χ1n) is 9.01. The van der Waals surface area contributed by atoms with Gasteiger partial charge < -0.3 is 9.32 Å². The second kappa shape index (κ2) is 8.10. The highest BCUT2D eigenvalue weighted by atomic mass is 32.1. The first-order valence-corrected chi connectivity index (χ1v) is 9.82. The molecule has 25 heavy (non-hydrogen) atoms. The van der Waals surface area contributed by atoms with Crippen molar-refractivity contribution in [3.05, 3.63) is 22.9 Å². The highest BCUT2D eigenvalue weighted by Gasteiger charge is 2.28. The van der Waals surface area contributed by atoms with Gasteiger partial charge in [-0.1, -0.05) is 0 Å². The van der Waals surface area contributed by atoms with Crippen molar-refractivity contribution < 1.29 is 9.21 Å². The molecule has 0 saturated carbocycles. The number of thiophene rings is 1. The van der Waals surface area contributed by atoms with E-state index in [1.807, 2.05) is 24.8 Å². The summed E-state index contributed by atoms with van der Waals surface area (Å²) in [5.41, 5.74) is 0. The molecule has 1 atom stereocenters. The second-order valence-corrected chi connectivity index (χ2v) is 7.78. The Kier molecular flexibility index (Phi) is 5.86. The van der Waals surface area contributed by atoms with E-state index in [1.165, 1.54) is 4.88 Å². The number of hydrogen-bond acceptors (Lipinski definition) is 6. The molecular weight excluding hydrogens is 336 g/mol. The Morgan fingerprint density at radius 3 is 2.84 bits per heavy atom. The van der Waals surface area contributed by atoms with Crippen molar-refractivity contribution in [2.24, 2.45) is 0 Å². The Morgan fingerprint density at radius 1 is 1.36 bits per heavy atom. The van der Waals surface area contributed by atoms with Crippen molar-refractivity contribution in [1.82, 2.24) is 20.0 Å². The van der Waals surface area contributed by atoms with Crippen LogP contribution in [-0.2, 0) is 4.79 Å². The van der Waals surface area contributed by atoms with Crippen molar-refractivity contribution in [3.63, 3.8) is 0 Å². The third-order valence-electron chi connectivity index (χ3n) is 4.72. The quantitative estimate of drug-likeness (QED) is 0.790. The van der Waals surface area contributed by atoms with Gasteiger partial charge in [-0.25, -0.2) is 0 Å². The Balaban J connectivity index is 1.63. The molecule has 1 saturated heterocycles. The third-order valence-corrected chi connectivity index (χ3v) is 5.71. The lowest BCUT2D eigenvalue weighted by atomic mass is 9.98. The maximum absolute atomic E-state index is 12.3. The van der Waals surface area contributed by atoms with E-state index in [0.717, 1.165) is 43.9 Å². The number of likely N-dealkylation sites (N-methyl/N-ethyl adjacent to an activating group) is 1. The summed E-state index contributed by atoms with van der Waals surface area (Å²) < 4.78 is 5.93. The predicted octanol–water partition coefficient (Wildman–Crippen LogP) is 3.15. The van der Waals surface area contributed by atoms with Gasteiger partial charge in [0, 0.05) is 24.5 Å². The molecule has 3 heterocycles. The zero-order valence-electron chi connectivity index (χ0n) is 15.2. The number of hydrogen-bond donors (Lipinski definition) is 0. The average molecular weight is 362 g/mol. The van der Waals surface area contributed by atoms with Gasteiger partial charge >= 0.3 is 0 Å². The van der Waals surface area contributed by atoms with Crippen molar-refractivity contribution in [3.8, 4) is 10.8 Å². The van der Waals surface area contributed by atoms with Crippen LogP contribution in [0.2, 0.25) is 0 Å². The second-order valence-electron chi connectivity index (χ2n) is 6.50. The van der Waals surface area contributed by atoms with E-state index >= 15 is 0 Å². The van der Waals surface area contributed by atoms with Crippen LogP contribution in [0.15, 0.2) is 16.5 Å². The van der Waals surface area contributed by atoms with Crippen molar-refractivity contribution >= 4 is 17.2 Å². The highest BCUT2D eigenvalue weighted by Crippen LogP contribution is 2.31. The number of carbonyl (C=O) groups excluding carboxylic acids is 1. The Morgan fingerprint density at radius 2 is 2.16 bits per heavy atom. The van der Waals surface area contributed by atoms with Crippen LogP contribution in [0.5, 0.6) is 0 Å². The lowest BCUT2D eigenvalue weighted by Crippen LogP contribution is -2.43. The van der Waals surface area contributed by atoms with Gasteiger partial charge in [-0.05, 0) is 52.3 Å². The molecule has 1 unspecified atom stereocenters. The molecular formula is C18H26N4O2S. The van der Waals surface area contributed by atoms with Gasteiger partial charge in [0.2, 0.25) is 11.8 Å². The molecule has 0 radical (unpaired) electrons. The molecule has 3 rings (SSSR count). The van der Waals surface area contributed by atoms with Crippen molar-refractivity contribution in [2.75, 3.05) is 32.7 Å². The van der Waals surface area contributed by atoms with Crippen LogP contribution < -0.4 is 0 Å². The van der Waals surface area contributed by atoms with Crippen LogP contribution in [0.4, 0.5) is 0 Å². The van der Waals surface area contributed by atoms with Gasteiger partial charge in [0.15, 0.2) is 0 Å². The van der Waals surface area contributed by atoms with Crippen LogP contribution in [-0.4, -0.2) is 58.6 Å². The fraction of sp³-hybridized carbons (Fsp3) is 0.611. The van der Waals surface area contributed by atoms with Crippen molar-refractivity contribution in [1.29, 1.82) is 0 Å².